The summed E-state index contributed by atoms with van der Waals surface area (Å²) in [5, 5.41) is 1.09. The third kappa shape index (κ3) is 3.89. The second kappa shape index (κ2) is 7.94. The molecule has 0 saturated carbocycles. The first-order valence-corrected chi connectivity index (χ1v) is 9.90. The van der Waals surface area contributed by atoms with Crippen LogP contribution in [-0.4, -0.2) is 5.78 Å². The second-order valence-corrected chi connectivity index (χ2v) is 7.71. The van der Waals surface area contributed by atoms with Crippen molar-refractivity contribution in [3.63, 3.8) is 0 Å². The topological polar surface area (TPSA) is 35.5 Å². The minimum Gasteiger partial charge on any atom is -0.489 e. The lowest BCUT2D eigenvalue weighted by Crippen LogP contribution is -2.00. The summed E-state index contributed by atoms with van der Waals surface area (Å²) < 4.78 is 11.8. The molecule has 3 aromatic carbocycles. The van der Waals surface area contributed by atoms with Gasteiger partial charge in [-0.05, 0) is 54.8 Å². The molecule has 5 heteroatoms. The predicted molar refractivity (Wildman–Crippen MR) is 116 cm³/mol. The Balaban J connectivity index is 1.60. The summed E-state index contributed by atoms with van der Waals surface area (Å²) >= 11 is 12.4. The van der Waals surface area contributed by atoms with E-state index in [9.17, 15) is 4.79 Å². The van der Waals surface area contributed by atoms with Gasteiger partial charge in [0.25, 0.3) is 0 Å². The molecule has 29 heavy (non-hydrogen) atoms. The van der Waals surface area contributed by atoms with Crippen molar-refractivity contribution < 1.29 is 14.3 Å². The summed E-state index contributed by atoms with van der Waals surface area (Å²) in [5.41, 5.74) is 4.09. The van der Waals surface area contributed by atoms with E-state index in [1.165, 1.54) is 0 Å². The fourth-order valence-electron chi connectivity index (χ4n) is 3.28. The molecule has 146 valence electrons. The average Bonchev–Trinajstić information content (AvgIpc) is 2.99. The van der Waals surface area contributed by atoms with E-state index in [0.717, 1.165) is 16.7 Å². The number of rotatable bonds is 4. The number of aryl methyl sites for hydroxylation is 2. The molecule has 0 aliphatic carbocycles. The predicted octanol–water partition coefficient (Wildman–Crippen LogP) is 6.81. The van der Waals surface area contributed by atoms with Crippen LogP contribution >= 0.6 is 23.2 Å². The van der Waals surface area contributed by atoms with Crippen LogP contribution in [0.5, 0.6) is 11.5 Å². The summed E-state index contributed by atoms with van der Waals surface area (Å²) in [4.78, 5) is 12.8. The van der Waals surface area contributed by atoms with Crippen molar-refractivity contribution in [3.8, 4) is 11.5 Å². The molecule has 4 rings (SSSR count). The summed E-state index contributed by atoms with van der Waals surface area (Å²) in [6.07, 6.45) is 1.78. The van der Waals surface area contributed by atoms with E-state index in [0.29, 0.717) is 38.4 Å². The smallest absolute Gasteiger partial charge is 0.232 e. The Kier molecular flexibility index (Phi) is 5.35. The molecule has 0 unspecified atom stereocenters. The quantitative estimate of drug-likeness (QED) is 0.431. The largest absolute Gasteiger partial charge is 0.489 e. The third-order valence-corrected chi connectivity index (χ3v) is 5.57. The van der Waals surface area contributed by atoms with Gasteiger partial charge in [-0.3, -0.25) is 4.79 Å². The molecule has 1 aliphatic heterocycles. The van der Waals surface area contributed by atoms with E-state index < -0.39 is 0 Å². The van der Waals surface area contributed by atoms with Gasteiger partial charge in [-0.2, -0.15) is 0 Å². The number of carbonyl (C=O) groups is 1. The van der Waals surface area contributed by atoms with Crippen LogP contribution in [0, 0.1) is 13.8 Å². The zero-order valence-electron chi connectivity index (χ0n) is 16.0. The Morgan fingerprint density at radius 1 is 0.966 bits per heavy atom. The lowest BCUT2D eigenvalue weighted by Gasteiger charge is -2.11. The number of hydrogen-bond donors (Lipinski definition) is 0. The number of halogens is 2. The first kappa shape index (κ1) is 19.6. The van der Waals surface area contributed by atoms with Crippen LogP contribution in [0.4, 0.5) is 0 Å². The number of ether oxygens (including phenoxy) is 2. The number of benzene rings is 3. The fourth-order valence-corrected chi connectivity index (χ4v) is 3.78. The number of carbonyl (C=O) groups excluding carboxylic acids is 1. The van der Waals surface area contributed by atoms with Crippen molar-refractivity contribution in [2.24, 2.45) is 0 Å². The molecule has 0 bridgehead atoms. The Morgan fingerprint density at radius 3 is 2.41 bits per heavy atom. The standard InChI is InChI=1S/C24H18Cl2O3/c1-14-6-3-4-7-16(14)11-22-24(27)23-15(2)10-17(12-21(23)29-22)28-13-18-19(25)8-5-9-20(18)26/h3-12H,13H2,1-2H3/b22-11-. The van der Waals surface area contributed by atoms with Gasteiger partial charge in [-0.1, -0.05) is 53.5 Å². The van der Waals surface area contributed by atoms with Crippen LogP contribution < -0.4 is 9.47 Å². The molecule has 1 heterocycles. The molecule has 3 aromatic rings. The van der Waals surface area contributed by atoms with Crippen molar-refractivity contribution in [3.05, 3.63) is 98.2 Å². The van der Waals surface area contributed by atoms with Crippen molar-refractivity contribution in [2.45, 2.75) is 20.5 Å². The highest BCUT2D eigenvalue weighted by molar-refractivity contribution is 6.35. The molecule has 0 aromatic heterocycles. The SMILES string of the molecule is Cc1ccccc1/C=C1\Oc2cc(OCc3c(Cl)cccc3Cl)cc(C)c2C1=O. The Hall–Kier alpha value is -2.75. The molecule has 0 N–H and O–H groups in total. The number of allylic oxidation sites excluding steroid dienone is 1. The van der Waals surface area contributed by atoms with Crippen molar-refractivity contribution in [2.75, 3.05) is 0 Å². The van der Waals surface area contributed by atoms with Crippen LogP contribution in [0.3, 0.4) is 0 Å². The van der Waals surface area contributed by atoms with Gasteiger partial charge in [-0.15, -0.1) is 0 Å². The maximum Gasteiger partial charge on any atom is 0.232 e. The molecule has 0 saturated heterocycles. The van der Waals surface area contributed by atoms with Gasteiger partial charge >= 0.3 is 0 Å². The molecule has 1 aliphatic rings. The van der Waals surface area contributed by atoms with E-state index in [2.05, 4.69) is 0 Å². The van der Waals surface area contributed by atoms with Crippen LogP contribution in [0.25, 0.3) is 6.08 Å². The van der Waals surface area contributed by atoms with Gasteiger partial charge in [0.1, 0.15) is 18.1 Å². The van der Waals surface area contributed by atoms with E-state index in [1.807, 2.05) is 44.2 Å². The minimum absolute atomic E-state index is 0.124. The number of hydrogen-bond acceptors (Lipinski definition) is 3. The summed E-state index contributed by atoms with van der Waals surface area (Å²) in [6, 6.07) is 16.7. The maximum atomic E-state index is 12.8. The number of fused-ring (bicyclic) bond motifs is 1. The lowest BCUT2D eigenvalue weighted by molar-refractivity contribution is 0.101. The molecule has 0 atom stereocenters. The van der Waals surface area contributed by atoms with Crippen molar-refractivity contribution >= 4 is 35.1 Å². The lowest BCUT2D eigenvalue weighted by atomic mass is 10.0. The molecular weight excluding hydrogens is 407 g/mol. The second-order valence-electron chi connectivity index (χ2n) is 6.90. The average molecular weight is 425 g/mol. The van der Waals surface area contributed by atoms with Gasteiger partial charge < -0.3 is 9.47 Å². The van der Waals surface area contributed by atoms with Crippen molar-refractivity contribution in [1.29, 1.82) is 0 Å². The molecule has 0 fully saturated rings. The number of ketones is 1. The number of Topliss-reactive ketones (excluding diaryl/α,β-unsaturated/α-hetero) is 1. The van der Waals surface area contributed by atoms with Gasteiger partial charge in [-0.25, -0.2) is 0 Å². The molecule has 0 spiro atoms. The van der Waals surface area contributed by atoms with Gasteiger partial charge in [0, 0.05) is 21.7 Å². The fraction of sp³-hybridized carbons (Fsp3) is 0.125. The molecule has 3 nitrogen and oxygen atoms in total. The van der Waals surface area contributed by atoms with Crippen LogP contribution in [-0.2, 0) is 6.61 Å². The highest BCUT2D eigenvalue weighted by atomic mass is 35.5. The summed E-state index contributed by atoms with van der Waals surface area (Å²) in [5.74, 6) is 1.27. The zero-order chi connectivity index (χ0) is 20.5. The monoisotopic (exact) mass is 424 g/mol. The maximum absolute atomic E-state index is 12.8. The van der Waals surface area contributed by atoms with Crippen molar-refractivity contribution in [1.82, 2.24) is 0 Å². The molecular formula is C24H18Cl2O3. The zero-order valence-corrected chi connectivity index (χ0v) is 17.5. The summed E-state index contributed by atoms with van der Waals surface area (Å²) in [6.45, 7) is 4.08. The van der Waals surface area contributed by atoms with Gasteiger partial charge in [0.15, 0.2) is 5.76 Å². The van der Waals surface area contributed by atoms with E-state index in [1.54, 1.807) is 30.3 Å². The highest BCUT2D eigenvalue weighted by Gasteiger charge is 2.30. The van der Waals surface area contributed by atoms with Gasteiger partial charge in [0.05, 0.1) is 5.56 Å². The highest BCUT2D eigenvalue weighted by Crippen LogP contribution is 2.38. The van der Waals surface area contributed by atoms with E-state index in [-0.39, 0.29) is 12.4 Å². The van der Waals surface area contributed by atoms with Crippen LogP contribution in [0.2, 0.25) is 10.0 Å². The minimum atomic E-state index is -0.124. The van der Waals surface area contributed by atoms with Crippen LogP contribution in [0.1, 0.15) is 32.6 Å². The normalized spacial score (nSPS) is 14.1. The van der Waals surface area contributed by atoms with Crippen LogP contribution in [0.15, 0.2) is 60.4 Å². The molecule has 0 amide bonds. The Morgan fingerprint density at radius 2 is 1.69 bits per heavy atom. The summed E-state index contributed by atoms with van der Waals surface area (Å²) in [7, 11) is 0. The van der Waals surface area contributed by atoms with E-state index in [4.69, 9.17) is 32.7 Å². The van der Waals surface area contributed by atoms with Gasteiger partial charge in [0.2, 0.25) is 5.78 Å². The van der Waals surface area contributed by atoms with E-state index >= 15 is 0 Å². The molecule has 0 radical (unpaired) electrons. The first-order valence-electron chi connectivity index (χ1n) is 9.14. The Bertz CT molecular complexity index is 1130. The third-order valence-electron chi connectivity index (χ3n) is 4.86. The Labute approximate surface area is 179 Å². The first-order chi connectivity index (χ1) is 13.9.